The molecule has 3 nitrogen and oxygen atoms in total. The monoisotopic (exact) mass is 279 g/mol. The Hall–Kier alpha value is -0.870. The molecule has 0 aliphatic carbocycles. The van der Waals surface area contributed by atoms with Crippen molar-refractivity contribution in [2.75, 3.05) is 19.0 Å². The van der Waals surface area contributed by atoms with Gasteiger partial charge in [-0.1, -0.05) is 13.0 Å². The van der Waals surface area contributed by atoms with Gasteiger partial charge < -0.3 is 14.8 Å². The van der Waals surface area contributed by atoms with Crippen LogP contribution in [0.15, 0.2) is 18.2 Å². The van der Waals surface area contributed by atoms with E-state index in [2.05, 4.69) is 43.1 Å². The van der Waals surface area contributed by atoms with Gasteiger partial charge in [0.2, 0.25) is 0 Å². The van der Waals surface area contributed by atoms with Crippen LogP contribution in [0.3, 0.4) is 0 Å². The highest BCUT2D eigenvalue weighted by Crippen LogP contribution is 2.33. The van der Waals surface area contributed by atoms with E-state index in [9.17, 15) is 0 Å². The third-order valence-electron chi connectivity index (χ3n) is 3.75. The lowest BCUT2D eigenvalue weighted by atomic mass is 10.1. The maximum absolute atomic E-state index is 5.64. The van der Waals surface area contributed by atoms with E-state index < -0.39 is 0 Å². The van der Waals surface area contributed by atoms with Crippen molar-refractivity contribution in [2.24, 2.45) is 0 Å². The SMILES string of the molecule is CC1CC(NC(C)c2ccc3c(c2)OCCO3)CS1. The highest BCUT2D eigenvalue weighted by atomic mass is 32.2. The van der Waals surface area contributed by atoms with Crippen molar-refractivity contribution in [3.8, 4) is 11.5 Å². The number of thioether (sulfide) groups is 1. The molecule has 0 amide bonds. The fraction of sp³-hybridized carbons (Fsp3) is 0.600. The number of hydrogen-bond donors (Lipinski definition) is 1. The predicted octanol–water partition coefficient (Wildman–Crippen LogP) is 3.00. The van der Waals surface area contributed by atoms with Gasteiger partial charge >= 0.3 is 0 Å². The molecule has 0 aromatic heterocycles. The van der Waals surface area contributed by atoms with E-state index in [0.29, 0.717) is 25.3 Å². The Morgan fingerprint density at radius 3 is 2.79 bits per heavy atom. The second kappa shape index (κ2) is 5.63. The summed E-state index contributed by atoms with van der Waals surface area (Å²) in [4.78, 5) is 0. The van der Waals surface area contributed by atoms with Gasteiger partial charge in [0, 0.05) is 23.1 Å². The molecule has 3 atom stereocenters. The second-order valence-electron chi connectivity index (χ2n) is 5.37. The van der Waals surface area contributed by atoms with Gasteiger partial charge in [0.1, 0.15) is 13.2 Å². The van der Waals surface area contributed by atoms with E-state index in [1.165, 1.54) is 17.7 Å². The average Bonchev–Trinajstić information content (AvgIpc) is 2.83. The molecule has 1 aromatic rings. The van der Waals surface area contributed by atoms with E-state index in [4.69, 9.17) is 9.47 Å². The molecule has 1 fully saturated rings. The molecule has 1 aromatic carbocycles. The molecule has 2 aliphatic rings. The maximum atomic E-state index is 5.64. The fourth-order valence-corrected chi connectivity index (χ4v) is 3.87. The fourth-order valence-electron chi connectivity index (χ4n) is 2.71. The average molecular weight is 279 g/mol. The molecule has 0 bridgehead atoms. The van der Waals surface area contributed by atoms with E-state index >= 15 is 0 Å². The summed E-state index contributed by atoms with van der Waals surface area (Å²) >= 11 is 2.06. The summed E-state index contributed by atoms with van der Waals surface area (Å²) in [5, 5.41) is 4.50. The summed E-state index contributed by atoms with van der Waals surface area (Å²) in [6.45, 7) is 5.83. The van der Waals surface area contributed by atoms with Gasteiger partial charge in [-0.3, -0.25) is 0 Å². The first-order valence-electron chi connectivity index (χ1n) is 6.99. The van der Waals surface area contributed by atoms with Crippen LogP contribution in [-0.2, 0) is 0 Å². The lowest BCUT2D eigenvalue weighted by molar-refractivity contribution is 0.171. The normalized spacial score (nSPS) is 27.3. The zero-order chi connectivity index (χ0) is 13.2. The molecule has 0 saturated carbocycles. The molecular weight excluding hydrogens is 258 g/mol. The van der Waals surface area contributed by atoms with Gasteiger partial charge in [-0.2, -0.15) is 11.8 Å². The Balaban J connectivity index is 1.67. The zero-order valence-electron chi connectivity index (χ0n) is 11.5. The lowest BCUT2D eigenvalue weighted by Crippen LogP contribution is -2.31. The molecule has 3 rings (SSSR count). The summed E-state index contributed by atoms with van der Waals surface area (Å²) in [6.07, 6.45) is 1.26. The van der Waals surface area contributed by atoms with Gasteiger partial charge in [-0.05, 0) is 31.0 Å². The van der Waals surface area contributed by atoms with Crippen molar-refractivity contribution < 1.29 is 9.47 Å². The van der Waals surface area contributed by atoms with E-state index in [0.717, 1.165) is 16.7 Å². The van der Waals surface area contributed by atoms with Gasteiger partial charge in [0.15, 0.2) is 11.5 Å². The first-order chi connectivity index (χ1) is 9.22. The Morgan fingerprint density at radius 1 is 1.26 bits per heavy atom. The van der Waals surface area contributed by atoms with Gasteiger partial charge in [-0.15, -0.1) is 0 Å². The number of rotatable bonds is 3. The van der Waals surface area contributed by atoms with Crippen LogP contribution in [0.5, 0.6) is 11.5 Å². The van der Waals surface area contributed by atoms with Crippen LogP contribution in [0.2, 0.25) is 0 Å². The summed E-state index contributed by atoms with van der Waals surface area (Å²) in [5.41, 5.74) is 1.27. The highest BCUT2D eigenvalue weighted by molar-refractivity contribution is 8.00. The van der Waals surface area contributed by atoms with Crippen molar-refractivity contribution in [1.29, 1.82) is 0 Å². The molecule has 1 saturated heterocycles. The molecule has 2 heterocycles. The van der Waals surface area contributed by atoms with Crippen molar-refractivity contribution in [3.05, 3.63) is 23.8 Å². The minimum absolute atomic E-state index is 0.353. The Morgan fingerprint density at radius 2 is 2.05 bits per heavy atom. The van der Waals surface area contributed by atoms with Crippen LogP contribution in [0.25, 0.3) is 0 Å². The maximum Gasteiger partial charge on any atom is 0.161 e. The molecule has 3 unspecified atom stereocenters. The molecule has 2 aliphatic heterocycles. The summed E-state index contributed by atoms with van der Waals surface area (Å²) in [5.74, 6) is 2.97. The number of ether oxygens (including phenoxy) is 2. The second-order valence-corrected chi connectivity index (χ2v) is 6.84. The summed E-state index contributed by atoms with van der Waals surface area (Å²) in [7, 11) is 0. The summed E-state index contributed by atoms with van der Waals surface area (Å²) < 4.78 is 11.2. The minimum atomic E-state index is 0.353. The van der Waals surface area contributed by atoms with Crippen molar-refractivity contribution in [2.45, 2.75) is 37.6 Å². The van der Waals surface area contributed by atoms with E-state index in [-0.39, 0.29) is 0 Å². The summed E-state index contributed by atoms with van der Waals surface area (Å²) in [6, 6.07) is 7.25. The Labute approximate surface area is 119 Å². The highest BCUT2D eigenvalue weighted by Gasteiger charge is 2.23. The van der Waals surface area contributed by atoms with Crippen LogP contribution in [0.4, 0.5) is 0 Å². The van der Waals surface area contributed by atoms with E-state index in [1.54, 1.807) is 0 Å². The van der Waals surface area contributed by atoms with Crippen LogP contribution >= 0.6 is 11.8 Å². The first-order valence-corrected chi connectivity index (χ1v) is 8.04. The first kappa shape index (κ1) is 13.1. The molecule has 104 valence electrons. The quantitative estimate of drug-likeness (QED) is 0.921. The topological polar surface area (TPSA) is 30.5 Å². The number of hydrogen-bond acceptors (Lipinski definition) is 4. The van der Waals surface area contributed by atoms with Gasteiger partial charge in [0.25, 0.3) is 0 Å². The van der Waals surface area contributed by atoms with Crippen molar-refractivity contribution in [1.82, 2.24) is 5.32 Å². The van der Waals surface area contributed by atoms with Crippen LogP contribution in [-0.4, -0.2) is 30.3 Å². The Kier molecular flexibility index (Phi) is 3.89. The smallest absolute Gasteiger partial charge is 0.161 e. The molecule has 1 N–H and O–H groups in total. The molecule has 4 heteroatoms. The van der Waals surface area contributed by atoms with Crippen molar-refractivity contribution >= 4 is 11.8 Å². The zero-order valence-corrected chi connectivity index (χ0v) is 12.3. The molecular formula is C15H21NO2S. The standard InChI is InChI=1S/C15H21NO2S/c1-10-7-13(9-19-10)16-11(2)12-3-4-14-15(8-12)18-6-5-17-14/h3-4,8,10-11,13,16H,5-7,9H2,1-2H3. The van der Waals surface area contributed by atoms with Gasteiger partial charge in [0.05, 0.1) is 0 Å². The van der Waals surface area contributed by atoms with Crippen LogP contribution in [0.1, 0.15) is 31.9 Å². The van der Waals surface area contributed by atoms with Crippen LogP contribution in [0, 0.1) is 0 Å². The molecule has 0 radical (unpaired) electrons. The molecule has 19 heavy (non-hydrogen) atoms. The lowest BCUT2D eigenvalue weighted by Gasteiger charge is -2.23. The molecule has 0 spiro atoms. The minimum Gasteiger partial charge on any atom is -0.486 e. The van der Waals surface area contributed by atoms with Gasteiger partial charge in [-0.25, -0.2) is 0 Å². The largest absolute Gasteiger partial charge is 0.486 e. The van der Waals surface area contributed by atoms with Crippen molar-refractivity contribution in [3.63, 3.8) is 0 Å². The predicted molar refractivity (Wildman–Crippen MR) is 79.3 cm³/mol. The number of fused-ring (bicyclic) bond motifs is 1. The third-order valence-corrected chi connectivity index (χ3v) is 5.11. The van der Waals surface area contributed by atoms with E-state index in [1.807, 2.05) is 6.07 Å². The number of nitrogens with one attached hydrogen (secondary N) is 1. The number of benzene rings is 1. The van der Waals surface area contributed by atoms with Crippen LogP contribution < -0.4 is 14.8 Å². The Bertz CT molecular complexity index is 452. The third kappa shape index (κ3) is 3.00.